The monoisotopic (exact) mass is 324 g/mol. The Morgan fingerprint density at radius 1 is 1.32 bits per heavy atom. The molecule has 2 atom stereocenters. The zero-order valence-electron chi connectivity index (χ0n) is 11.1. The number of hydrogen-bond donors (Lipinski definition) is 1. The number of morpholine rings is 1. The van der Waals surface area contributed by atoms with E-state index in [0.717, 1.165) is 17.6 Å². The third-order valence-electron chi connectivity index (χ3n) is 4.31. The summed E-state index contributed by atoms with van der Waals surface area (Å²) in [5, 5.41) is 0. The number of nitrogens with zero attached hydrogens (tertiary/aromatic N) is 1. The Labute approximate surface area is 123 Å². The van der Waals surface area contributed by atoms with Crippen molar-refractivity contribution in [3.05, 3.63) is 28.2 Å². The summed E-state index contributed by atoms with van der Waals surface area (Å²) in [5.74, 6) is 0. The molecule has 0 spiro atoms. The maximum absolute atomic E-state index is 5.95. The van der Waals surface area contributed by atoms with E-state index in [1.807, 2.05) is 0 Å². The van der Waals surface area contributed by atoms with Crippen LogP contribution in [-0.2, 0) is 11.3 Å². The molecule has 0 bridgehead atoms. The van der Waals surface area contributed by atoms with E-state index in [4.69, 9.17) is 10.5 Å². The largest absolute Gasteiger partial charge is 0.374 e. The van der Waals surface area contributed by atoms with Crippen LogP contribution in [0.5, 0.6) is 0 Å². The number of hydrogen-bond acceptors (Lipinski definition) is 3. The molecule has 1 saturated heterocycles. The molecule has 1 aliphatic carbocycles. The van der Waals surface area contributed by atoms with E-state index in [2.05, 4.69) is 39.0 Å². The predicted octanol–water partition coefficient (Wildman–Crippen LogP) is 3.06. The summed E-state index contributed by atoms with van der Waals surface area (Å²) in [6.07, 6.45) is 5.46. The molecular weight excluding hydrogens is 304 g/mol. The van der Waals surface area contributed by atoms with Crippen molar-refractivity contribution >= 4 is 21.6 Å². The van der Waals surface area contributed by atoms with Crippen LogP contribution >= 0.6 is 15.9 Å². The molecular formula is C15H21BrN2O. The minimum absolute atomic E-state index is 0.409. The molecule has 2 unspecified atom stereocenters. The molecule has 4 heteroatoms. The van der Waals surface area contributed by atoms with E-state index in [1.54, 1.807) is 0 Å². The average Bonchev–Trinajstić information content (AvgIpc) is 2.46. The van der Waals surface area contributed by atoms with E-state index in [9.17, 15) is 0 Å². The number of rotatable bonds is 2. The first-order valence-electron chi connectivity index (χ1n) is 7.16. The number of nitrogens with two attached hydrogens (primary N) is 1. The zero-order chi connectivity index (χ0) is 13.2. The molecule has 2 aliphatic rings. The average molecular weight is 325 g/mol. The number of halogens is 1. The topological polar surface area (TPSA) is 38.5 Å². The lowest BCUT2D eigenvalue weighted by molar-refractivity contribution is -0.00873. The van der Waals surface area contributed by atoms with Gasteiger partial charge in [0.1, 0.15) is 0 Å². The molecule has 1 aromatic rings. The maximum Gasteiger partial charge on any atom is 0.0779 e. The van der Waals surface area contributed by atoms with Crippen molar-refractivity contribution in [2.45, 2.75) is 44.4 Å². The SMILES string of the molecule is NCc1ccc(Br)cc1N1CCOC2CCCCC21. The Bertz CT molecular complexity index is 450. The van der Waals surface area contributed by atoms with E-state index >= 15 is 0 Å². The first kappa shape index (κ1) is 13.4. The molecule has 104 valence electrons. The van der Waals surface area contributed by atoms with Gasteiger partial charge in [0, 0.05) is 23.2 Å². The molecule has 0 aromatic heterocycles. The van der Waals surface area contributed by atoms with Gasteiger partial charge in [-0.15, -0.1) is 0 Å². The molecule has 1 saturated carbocycles. The highest BCUT2D eigenvalue weighted by molar-refractivity contribution is 9.10. The van der Waals surface area contributed by atoms with E-state index in [0.29, 0.717) is 18.7 Å². The van der Waals surface area contributed by atoms with Gasteiger partial charge < -0.3 is 15.4 Å². The third-order valence-corrected chi connectivity index (χ3v) is 4.80. The van der Waals surface area contributed by atoms with Crippen molar-refractivity contribution in [2.24, 2.45) is 5.73 Å². The number of ether oxygens (including phenoxy) is 1. The summed E-state index contributed by atoms with van der Waals surface area (Å²) < 4.78 is 7.08. The second-order valence-electron chi connectivity index (χ2n) is 5.43. The van der Waals surface area contributed by atoms with Crippen LogP contribution in [0.2, 0.25) is 0 Å². The number of fused-ring (bicyclic) bond motifs is 1. The molecule has 2 fully saturated rings. The maximum atomic E-state index is 5.95. The second kappa shape index (κ2) is 5.81. The highest BCUT2D eigenvalue weighted by Gasteiger charge is 2.34. The molecule has 0 amide bonds. The van der Waals surface area contributed by atoms with E-state index in [1.165, 1.54) is 36.9 Å². The molecule has 3 nitrogen and oxygen atoms in total. The Morgan fingerprint density at radius 2 is 2.16 bits per heavy atom. The van der Waals surface area contributed by atoms with Crippen molar-refractivity contribution in [1.82, 2.24) is 0 Å². The summed E-state index contributed by atoms with van der Waals surface area (Å²) in [4.78, 5) is 2.53. The molecule has 1 aromatic carbocycles. The van der Waals surface area contributed by atoms with Gasteiger partial charge in [-0.2, -0.15) is 0 Å². The standard InChI is InChI=1S/C15H21BrN2O/c16-12-6-5-11(10-17)14(9-12)18-7-8-19-15-4-2-1-3-13(15)18/h5-6,9,13,15H,1-4,7-8,10,17H2. The van der Waals surface area contributed by atoms with Crippen molar-refractivity contribution < 1.29 is 4.74 Å². The van der Waals surface area contributed by atoms with Crippen molar-refractivity contribution in [3.63, 3.8) is 0 Å². The Kier molecular flexibility index (Phi) is 4.10. The van der Waals surface area contributed by atoms with Gasteiger partial charge >= 0.3 is 0 Å². The molecule has 0 radical (unpaired) electrons. The molecule has 3 rings (SSSR count). The molecule has 19 heavy (non-hydrogen) atoms. The summed E-state index contributed by atoms with van der Waals surface area (Å²) in [7, 11) is 0. The molecule has 2 N–H and O–H groups in total. The van der Waals surface area contributed by atoms with Gasteiger partial charge in [0.25, 0.3) is 0 Å². The minimum atomic E-state index is 0.409. The summed E-state index contributed by atoms with van der Waals surface area (Å²) >= 11 is 3.58. The third kappa shape index (κ3) is 2.67. The highest BCUT2D eigenvalue weighted by Crippen LogP contribution is 2.34. The lowest BCUT2D eigenvalue weighted by Gasteiger charge is -2.45. The van der Waals surface area contributed by atoms with Gasteiger partial charge in [-0.05, 0) is 30.5 Å². The van der Waals surface area contributed by atoms with Gasteiger partial charge in [-0.25, -0.2) is 0 Å². The summed E-state index contributed by atoms with van der Waals surface area (Å²) in [6.45, 7) is 2.40. The molecule has 1 aliphatic heterocycles. The lowest BCUT2D eigenvalue weighted by atomic mass is 9.89. The van der Waals surface area contributed by atoms with E-state index < -0.39 is 0 Å². The van der Waals surface area contributed by atoms with Crippen LogP contribution in [0.15, 0.2) is 22.7 Å². The predicted molar refractivity (Wildman–Crippen MR) is 81.4 cm³/mol. The van der Waals surface area contributed by atoms with Gasteiger partial charge in [-0.1, -0.05) is 34.8 Å². The Morgan fingerprint density at radius 3 is 3.00 bits per heavy atom. The summed E-state index contributed by atoms with van der Waals surface area (Å²) in [6, 6.07) is 6.94. The Balaban J connectivity index is 1.93. The quantitative estimate of drug-likeness (QED) is 0.908. The zero-order valence-corrected chi connectivity index (χ0v) is 12.7. The van der Waals surface area contributed by atoms with Crippen LogP contribution in [0.4, 0.5) is 5.69 Å². The highest BCUT2D eigenvalue weighted by atomic mass is 79.9. The summed E-state index contributed by atoms with van der Waals surface area (Å²) in [5.41, 5.74) is 8.42. The van der Waals surface area contributed by atoms with Crippen LogP contribution in [0.3, 0.4) is 0 Å². The number of benzene rings is 1. The fourth-order valence-electron chi connectivity index (χ4n) is 3.37. The van der Waals surface area contributed by atoms with Gasteiger partial charge in [0.15, 0.2) is 0 Å². The Hall–Kier alpha value is -0.580. The molecule has 1 heterocycles. The van der Waals surface area contributed by atoms with Crippen LogP contribution in [0, 0.1) is 0 Å². The van der Waals surface area contributed by atoms with Crippen LogP contribution in [0.1, 0.15) is 31.2 Å². The fraction of sp³-hybridized carbons (Fsp3) is 0.600. The van der Waals surface area contributed by atoms with Crippen molar-refractivity contribution in [2.75, 3.05) is 18.1 Å². The number of anilines is 1. The fourth-order valence-corrected chi connectivity index (χ4v) is 3.72. The first-order valence-corrected chi connectivity index (χ1v) is 7.95. The smallest absolute Gasteiger partial charge is 0.0779 e. The van der Waals surface area contributed by atoms with Crippen molar-refractivity contribution in [1.29, 1.82) is 0 Å². The first-order chi connectivity index (χ1) is 9.29. The van der Waals surface area contributed by atoms with Crippen LogP contribution in [-0.4, -0.2) is 25.3 Å². The van der Waals surface area contributed by atoms with Crippen LogP contribution in [0.25, 0.3) is 0 Å². The van der Waals surface area contributed by atoms with Gasteiger partial charge in [0.2, 0.25) is 0 Å². The normalized spacial score (nSPS) is 27.2. The lowest BCUT2D eigenvalue weighted by Crippen LogP contribution is -2.53. The van der Waals surface area contributed by atoms with Crippen LogP contribution < -0.4 is 10.6 Å². The van der Waals surface area contributed by atoms with Crippen molar-refractivity contribution in [3.8, 4) is 0 Å². The minimum Gasteiger partial charge on any atom is -0.374 e. The second-order valence-corrected chi connectivity index (χ2v) is 6.35. The van der Waals surface area contributed by atoms with Gasteiger partial charge in [0.05, 0.1) is 18.8 Å². The van der Waals surface area contributed by atoms with Gasteiger partial charge in [-0.3, -0.25) is 0 Å². The van der Waals surface area contributed by atoms with E-state index in [-0.39, 0.29) is 0 Å².